The smallest absolute Gasteiger partial charge is 0.404 e. The van der Waals surface area contributed by atoms with E-state index in [2.05, 4.69) is 5.32 Å². The van der Waals surface area contributed by atoms with Crippen molar-refractivity contribution in [1.29, 1.82) is 0 Å². The standard InChI is InChI=1S/C23H25FN2O3/c24-19-9-3-8-18(14-19)17-7-1-4-15(12-17)13-21-20(25-23(28)29)10-11-26(21)22(27)16-5-2-6-16/h1,3-4,7-9,12,14,16,20-21,25H,2,5-6,10-11,13H2,(H,28,29)/t20-,21-/m0/s1. The van der Waals surface area contributed by atoms with Gasteiger partial charge in [0.2, 0.25) is 5.91 Å². The molecule has 2 aromatic carbocycles. The summed E-state index contributed by atoms with van der Waals surface area (Å²) < 4.78 is 13.6. The molecule has 29 heavy (non-hydrogen) atoms. The van der Waals surface area contributed by atoms with Crippen LogP contribution >= 0.6 is 0 Å². The van der Waals surface area contributed by atoms with Gasteiger partial charge in [0.1, 0.15) is 5.82 Å². The van der Waals surface area contributed by atoms with Crippen molar-refractivity contribution in [2.75, 3.05) is 6.54 Å². The van der Waals surface area contributed by atoms with Crippen molar-refractivity contribution < 1.29 is 19.1 Å². The van der Waals surface area contributed by atoms with Crippen LogP contribution in [0.25, 0.3) is 11.1 Å². The zero-order valence-electron chi connectivity index (χ0n) is 16.2. The number of hydrogen-bond acceptors (Lipinski definition) is 2. The molecule has 4 rings (SSSR count). The van der Waals surface area contributed by atoms with Gasteiger partial charge in [0.25, 0.3) is 0 Å². The zero-order valence-corrected chi connectivity index (χ0v) is 16.2. The van der Waals surface area contributed by atoms with E-state index in [4.69, 9.17) is 0 Å². The molecule has 6 heteroatoms. The van der Waals surface area contributed by atoms with Crippen LogP contribution in [-0.2, 0) is 11.2 Å². The Balaban J connectivity index is 1.57. The molecule has 2 fully saturated rings. The molecule has 0 radical (unpaired) electrons. The molecule has 2 aliphatic rings. The van der Waals surface area contributed by atoms with E-state index in [0.29, 0.717) is 19.4 Å². The molecule has 0 unspecified atom stereocenters. The minimum absolute atomic E-state index is 0.0831. The van der Waals surface area contributed by atoms with Crippen molar-refractivity contribution in [3.05, 3.63) is 59.9 Å². The van der Waals surface area contributed by atoms with Gasteiger partial charge in [0, 0.05) is 12.5 Å². The minimum Gasteiger partial charge on any atom is -0.465 e. The topological polar surface area (TPSA) is 69.6 Å². The van der Waals surface area contributed by atoms with Crippen LogP contribution in [0.2, 0.25) is 0 Å². The normalized spacial score (nSPS) is 21.6. The van der Waals surface area contributed by atoms with E-state index in [1.54, 1.807) is 6.07 Å². The van der Waals surface area contributed by atoms with Crippen molar-refractivity contribution >= 4 is 12.0 Å². The molecule has 2 atom stereocenters. The maximum Gasteiger partial charge on any atom is 0.404 e. The van der Waals surface area contributed by atoms with Crippen LogP contribution in [0, 0.1) is 11.7 Å². The quantitative estimate of drug-likeness (QED) is 0.800. The number of carbonyl (C=O) groups excluding carboxylic acids is 1. The molecule has 152 valence electrons. The molecule has 1 aliphatic carbocycles. The number of benzene rings is 2. The second-order valence-electron chi connectivity index (χ2n) is 7.99. The fourth-order valence-corrected chi connectivity index (χ4v) is 4.38. The second-order valence-corrected chi connectivity index (χ2v) is 7.99. The van der Waals surface area contributed by atoms with Gasteiger partial charge < -0.3 is 15.3 Å². The van der Waals surface area contributed by atoms with Gasteiger partial charge in [-0.3, -0.25) is 4.79 Å². The molecule has 0 spiro atoms. The number of carboxylic acid groups (broad SMARTS) is 1. The largest absolute Gasteiger partial charge is 0.465 e. The fraction of sp³-hybridized carbons (Fsp3) is 0.391. The lowest BCUT2D eigenvalue weighted by Gasteiger charge is -2.34. The van der Waals surface area contributed by atoms with Crippen LogP contribution in [-0.4, -0.2) is 40.6 Å². The first-order valence-electron chi connectivity index (χ1n) is 10.2. The summed E-state index contributed by atoms with van der Waals surface area (Å²) in [5.41, 5.74) is 2.70. The summed E-state index contributed by atoms with van der Waals surface area (Å²) in [6.07, 6.45) is 3.06. The molecular weight excluding hydrogens is 371 g/mol. The summed E-state index contributed by atoms with van der Waals surface area (Å²) in [6.45, 7) is 0.578. The molecule has 2 aromatic rings. The maximum atomic E-state index is 13.6. The Morgan fingerprint density at radius 1 is 1.07 bits per heavy atom. The van der Waals surface area contributed by atoms with E-state index in [-0.39, 0.29) is 29.7 Å². The van der Waals surface area contributed by atoms with Crippen molar-refractivity contribution in [1.82, 2.24) is 10.2 Å². The third-order valence-electron chi connectivity index (χ3n) is 6.12. The summed E-state index contributed by atoms with van der Waals surface area (Å²) in [5.74, 6) is -0.0522. The van der Waals surface area contributed by atoms with Gasteiger partial charge >= 0.3 is 6.09 Å². The monoisotopic (exact) mass is 396 g/mol. The van der Waals surface area contributed by atoms with Gasteiger partial charge in [-0.25, -0.2) is 9.18 Å². The van der Waals surface area contributed by atoms with Gasteiger partial charge in [-0.1, -0.05) is 42.8 Å². The minimum atomic E-state index is -1.06. The number of carbonyl (C=O) groups is 2. The molecule has 0 aromatic heterocycles. The van der Waals surface area contributed by atoms with Gasteiger partial charge in [-0.15, -0.1) is 0 Å². The predicted octanol–water partition coefficient (Wildman–Crippen LogP) is 4.07. The highest BCUT2D eigenvalue weighted by Gasteiger charge is 2.41. The molecule has 0 bridgehead atoms. The van der Waals surface area contributed by atoms with Crippen molar-refractivity contribution in [3.8, 4) is 11.1 Å². The van der Waals surface area contributed by atoms with Crippen LogP contribution in [0.1, 0.15) is 31.2 Å². The van der Waals surface area contributed by atoms with E-state index in [0.717, 1.165) is 36.0 Å². The van der Waals surface area contributed by atoms with E-state index >= 15 is 0 Å². The summed E-state index contributed by atoms with van der Waals surface area (Å²) in [4.78, 5) is 26.0. The Morgan fingerprint density at radius 3 is 2.45 bits per heavy atom. The summed E-state index contributed by atoms with van der Waals surface area (Å²) >= 11 is 0. The average Bonchev–Trinajstić information content (AvgIpc) is 3.02. The highest BCUT2D eigenvalue weighted by molar-refractivity contribution is 5.80. The highest BCUT2D eigenvalue weighted by Crippen LogP contribution is 2.32. The lowest BCUT2D eigenvalue weighted by molar-refractivity contribution is -0.139. The second kappa shape index (κ2) is 8.23. The van der Waals surface area contributed by atoms with Gasteiger partial charge in [-0.05, 0) is 54.5 Å². The van der Waals surface area contributed by atoms with Crippen LogP contribution < -0.4 is 5.32 Å². The lowest BCUT2D eigenvalue weighted by Crippen LogP contribution is -2.49. The zero-order chi connectivity index (χ0) is 20.4. The molecular formula is C23H25FN2O3. The van der Waals surface area contributed by atoms with Gasteiger partial charge in [0.15, 0.2) is 0 Å². The number of hydrogen-bond donors (Lipinski definition) is 2. The van der Waals surface area contributed by atoms with Crippen molar-refractivity contribution in [2.24, 2.45) is 5.92 Å². The third kappa shape index (κ3) is 4.26. The van der Waals surface area contributed by atoms with Crippen molar-refractivity contribution in [2.45, 2.75) is 44.2 Å². The Hall–Kier alpha value is -2.89. The van der Waals surface area contributed by atoms with E-state index in [9.17, 15) is 19.1 Å². The van der Waals surface area contributed by atoms with E-state index < -0.39 is 6.09 Å². The highest BCUT2D eigenvalue weighted by atomic mass is 19.1. The van der Waals surface area contributed by atoms with Gasteiger partial charge in [-0.2, -0.15) is 0 Å². The molecule has 2 amide bonds. The van der Waals surface area contributed by atoms with Crippen LogP contribution in [0.3, 0.4) is 0 Å². The molecule has 1 aliphatic heterocycles. The number of rotatable bonds is 5. The number of amides is 2. The molecule has 1 saturated heterocycles. The van der Waals surface area contributed by atoms with E-state index in [1.807, 2.05) is 35.2 Å². The number of nitrogens with zero attached hydrogens (tertiary/aromatic N) is 1. The lowest BCUT2D eigenvalue weighted by atomic mass is 9.84. The van der Waals surface area contributed by atoms with E-state index in [1.165, 1.54) is 12.1 Å². The Morgan fingerprint density at radius 2 is 1.79 bits per heavy atom. The Bertz CT molecular complexity index is 913. The number of nitrogens with one attached hydrogen (secondary N) is 1. The first kappa shape index (κ1) is 19.4. The SMILES string of the molecule is O=C(O)N[C@H]1CCN(C(=O)C2CCC2)[C@H]1Cc1cccc(-c2cccc(F)c2)c1. The van der Waals surface area contributed by atoms with Crippen LogP contribution in [0.15, 0.2) is 48.5 Å². The Kier molecular flexibility index (Phi) is 5.51. The summed E-state index contributed by atoms with van der Waals surface area (Å²) in [6, 6.07) is 13.8. The maximum absolute atomic E-state index is 13.6. The molecule has 5 nitrogen and oxygen atoms in total. The third-order valence-corrected chi connectivity index (χ3v) is 6.12. The molecule has 2 N–H and O–H groups in total. The number of likely N-dealkylation sites (tertiary alicyclic amines) is 1. The number of halogens is 1. The summed E-state index contributed by atoms with van der Waals surface area (Å²) in [5, 5.41) is 11.8. The van der Waals surface area contributed by atoms with Crippen LogP contribution in [0.5, 0.6) is 0 Å². The van der Waals surface area contributed by atoms with Gasteiger partial charge in [0.05, 0.1) is 12.1 Å². The summed E-state index contributed by atoms with van der Waals surface area (Å²) in [7, 11) is 0. The van der Waals surface area contributed by atoms with Crippen LogP contribution in [0.4, 0.5) is 9.18 Å². The Labute approximate surface area is 169 Å². The average molecular weight is 396 g/mol. The first-order chi connectivity index (χ1) is 14.0. The first-order valence-corrected chi connectivity index (χ1v) is 10.2. The molecule has 1 heterocycles. The predicted molar refractivity (Wildman–Crippen MR) is 108 cm³/mol. The van der Waals surface area contributed by atoms with Crippen molar-refractivity contribution in [3.63, 3.8) is 0 Å². The molecule has 1 saturated carbocycles. The fourth-order valence-electron chi connectivity index (χ4n) is 4.38.